The Morgan fingerprint density at radius 2 is 2.35 bits per heavy atom. The largest absolute Gasteiger partial charge is 0.480 e. The molecule has 0 spiro atoms. The molecule has 1 aliphatic rings. The Morgan fingerprint density at radius 3 is 3.00 bits per heavy atom. The first-order valence-electron chi connectivity index (χ1n) is 5.53. The van der Waals surface area contributed by atoms with Gasteiger partial charge in [-0.3, -0.25) is 0 Å². The van der Waals surface area contributed by atoms with Crippen molar-refractivity contribution in [2.45, 2.75) is 13.0 Å². The lowest BCUT2D eigenvalue weighted by molar-refractivity contribution is -0.142. The number of urea groups is 1. The Balaban J connectivity index is 2.13. The Morgan fingerprint density at radius 1 is 1.59 bits per heavy atom. The van der Waals surface area contributed by atoms with Crippen molar-refractivity contribution >= 4 is 12.0 Å². The molecule has 1 fully saturated rings. The summed E-state index contributed by atoms with van der Waals surface area (Å²) in [6.45, 7) is 3.73. The van der Waals surface area contributed by atoms with E-state index in [1.54, 1.807) is 4.90 Å². The molecule has 0 aromatic rings. The number of morpholine rings is 1. The summed E-state index contributed by atoms with van der Waals surface area (Å²) >= 11 is 0. The molecule has 1 aliphatic heterocycles. The summed E-state index contributed by atoms with van der Waals surface area (Å²) in [5, 5.41) is 11.0. The standard InChI is InChI=1S/C10H18N2O5/c1-8-6-17-5-3-12(8)10(15)11-2-4-16-7-9(13)14/h8H,2-7H2,1H3,(H,11,15)(H,13,14). The van der Waals surface area contributed by atoms with Crippen molar-refractivity contribution in [1.82, 2.24) is 10.2 Å². The molecule has 0 saturated carbocycles. The molecule has 17 heavy (non-hydrogen) atoms. The van der Waals surface area contributed by atoms with Gasteiger partial charge in [-0.05, 0) is 6.92 Å². The van der Waals surface area contributed by atoms with Gasteiger partial charge >= 0.3 is 12.0 Å². The summed E-state index contributed by atoms with van der Waals surface area (Å²) in [7, 11) is 0. The van der Waals surface area contributed by atoms with Crippen molar-refractivity contribution in [1.29, 1.82) is 0 Å². The molecule has 1 saturated heterocycles. The molecule has 1 heterocycles. The average molecular weight is 246 g/mol. The van der Waals surface area contributed by atoms with Crippen LogP contribution in [0.2, 0.25) is 0 Å². The fourth-order valence-corrected chi connectivity index (χ4v) is 1.52. The first-order chi connectivity index (χ1) is 8.11. The number of nitrogens with one attached hydrogen (secondary N) is 1. The number of hydrogen-bond acceptors (Lipinski definition) is 4. The third-order valence-electron chi connectivity index (χ3n) is 2.38. The van der Waals surface area contributed by atoms with E-state index in [1.165, 1.54) is 0 Å². The molecule has 1 unspecified atom stereocenters. The Bertz CT molecular complexity index is 271. The summed E-state index contributed by atoms with van der Waals surface area (Å²) < 4.78 is 10.0. The van der Waals surface area contributed by atoms with Gasteiger partial charge in [-0.1, -0.05) is 0 Å². The van der Waals surface area contributed by atoms with Crippen LogP contribution in [0.25, 0.3) is 0 Å². The summed E-state index contributed by atoms with van der Waals surface area (Å²) in [4.78, 5) is 23.5. The maximum Gasteiger partial charge on any atom is 0.329 e. The number of hydrogen-bond donors (Lipinski definition) is 2. The number of rotatable bonds is 5. The number of carboxylic acid groups (broad SMARTS) is 1. The van der Waals surface area contributed by atoms with Crippen molar-refractivity contribution in [2.75, 3.05) is 39.5 Å². The zero-order chi connectivity index (χ0) is 12.7. The first-order valence-corrected chi connectivity index (χ1v) is 5.53. The summed E-state index contributed by atoms with van der Waals surface area (Å²) in [6.07, 6.45) is 0. The van der Waals surface area contributed by atoms with E-state index in [1.807, 2.05) is 6.92 Å². The summed E-state index contributed by atoms with van der Waals surface area (Å²) in [5.41, 5.74) is 0. The molecule has 98 valence electrons. The Hall–Kier alpha value is -1.34. The second-order valence-corrected chi connectivity index (χ2v) is 3.80. The predicted molar refractivity (Wildman–Crippen MR) is 58.8 cm³/mol. The smallest absolute Gasteiger partial charge is 0.329 e. The van der Waals surface area contributed by atoms with Gasteiger partial charge in [0.25, 0.3) is 0 Å². The quantitative estimate of drug-likeness (QED) is 0.639. The van der Waals surface area contributed by atoms with Gasteiger partial charge in [-0.2, -0.15) is 0 Å². The number of amides is 2. The van der Waals surface area contributed by atoms with Crippen molar-refractivity contribution < 1.29 is 24.2 Å². The molecule has 7 nitrogen and oxygen atoms in total. The molecular formula is C10H18N2O5. The number of carbonyl (C=O) groups is 2. The van der Waals surface area contributed by atoms with Gasteiger partial charge in [0.05, 0.1) is 25.9 Å². The van der Waals surface area contributed by atoms with Crippen LogP contribution in [0.15, 0.2) is 0 Å². The molecule has 1 atom stereocenters. The zero-order valence-corrected chi connectivity index (χ0v) is 9.85. The zero-order valence-electron chi connectivity index (χ0n) is 9.85. The third-order valence-corrected chi connectivity index (χ3v) is 2.38. The van der Waals surface area contributed by atoms with Crippen molar-refractivity contribution in [3.63, 3.8) is 0 Å². The minimum Gasteiger partial charge on any atom is -0.480 e. The number of carboxylic acids is 1. The molecule has 0 aromatic heterocycles. The van der Waals surface area contributed by atoms with Crippen LogP contribution in [0.3, 0.4) is 0 Å². The molecule has 2 amide bonds. The molecule has 0 radical (unpaired) electrons. The number of ether oxygens (including phenoxy) is 2. The van der Waals surface area contributed by atoms with Crippen LogP contribution in [0.1, 0.15) is 6.92 Å². The van der Waals surface area contributed by atoms with E-state index in [2.05, 4.69) is 5.32 Å². The monoisotopic (exact) mass is 246 g/mol. The lowest BCUT2D eigenvalue weighted by atomic mass is 10.3. The fourth-order valence-electron chi connectivity index (χ4n) is 1.52. The van der Waals surface area contributed by atoms with E-state index in [0.29, 0.717) is 26.3 Å². The SMILES string of the molecule is CC1COCCN1C(=O)NCCOCC(=O)O. The van der Waals surface area contributed by atoms with Gasteiger partial charge < -0.3 is 24.8 Å². The van der Waals surface area contributed by atoms with Crippen LogP contribution < -0.4 is 5.32 Å². The van der Waals surface area contributed by atoms with Crippen LogP contribution in [0.5, 0.6) is 0 Å². The van der Waals surface area contributed by atoms with Gasteiger partial charge in [0.1, 0.15) is 6.61 Å². The van der Waals surface area contributed by atoms with E-state index in [4.69, 9.17) is 14.6 Å². The van der Waals surface area contributed by atoms with Crippen molar-refractivity contribution in [3.8, 4) is 0 Å². The molecular weight excluding hydrogens is 228 g/mol. The van der Waals surface area contributed by atoms with E-state index in [-0.39, 0.29) is 25.3 Å². The van der Waals surface area contributed by atoms with Gasteiger partial charge in [-0.15, -0.1) is 0 Å². The maximum absolute atomic E-state index is 11.7. The normalized spacial score (nSPS) is 20.1. The van der Waals surface area contributed by atoms with Crippen LogP contribution in [-0.4, -0.2) is 67.6 Å². The molecule has 2 N–H and O–H groups in total. The highest BCUT2D eigenvalue weighted by atomic mass is 16.5. The van der Waals surface area contributed by atoms with Crippen LogP contribution in [0.4, 0.5) is 4.79 Å². The predicted octanol–water partition coefficient (Wildman–Crippen LogP) is -0.482. The van der Waals surface area contributed by atoms with Crippen LogP contribution in [0, 0.1) is 0 Å². The fraction of sp³-hybridized carbons (Fsp3) is 0.800. The van der Waals surface area contributed by atoms with Crippen molar-refractivity contribution in [2.24, 2.45) is 0 Å². The van der Waals surface area contributed by atoms with Crippen LogP contribution in [-0.2, 0) is 14.3 Å². The molecule has 0 aliphatic carbocycles. The van der Waals surface area contributed by atoms with Gasteiger partial charge in [-0.25, -0.2) is 9.59 Å². The van der Waals surface area contributed by atoms with Gasteiger partial charge in [0.15, 0.2) is 0 Å². The molecule has 1 rings (SSSR count). The lowest BCUT2D eigenvalue weighted by Gasteiger charge is -2.33. The van der Waals surface area contributed by atoms with E-state index < -0.39 is 5.97 Å². The van der Waals surface area contributed by atoms with Gasteiger partial charge in [0, 0.05) is 13.1 Å². The van der Waals surface area contributed by atoms with Crippen LogP contribution >= 0.6 is 0 Å². The average Bonchev–Trinajstić information content (AvgIpc) is 2.28. The number of aliphatic carboxylic acids is 1. The second-order valence-electron chi connectivity index (χ2n) is 3.80. The first kappa shape index (κ1) is 13.7. The summed E-state index contributed by atoms with van der Waals surface area (Å²) in [6, 6.07) is -0.108. The maximum atomic E-state index is 11.7. The highest BCUT2D eigenvalue weighted by Gasteiger charge is 2.23. The highest BCUT2D eigenvalue weighted by Crippen LogP contribution is 2.05. The second kappa shape index (κ2) is 7.08. The highest BCUT2D eigenvalue weighted by molar-refractivity contribution is 5.74. The number of nitrogens with zero attached hydrogens (tertiary/aromatic N) is 1. The Kier molecular flexibility index (Phi) is 5.71. The topological polar surface area (TPSA) is 88.1 Å². The van der Waals surface area contributed by atoms with E-state index in [9.17, 15) is 9.59 Å². The molecule has 0 bridgehead atoms. The minimum atomic E-state index is -1.02. The lowest BCUT2D eigenvalue weighted by Crippen LogP contribution is -2.51. The minimum absolute atomic E-state index is 0.0590. The van der Waals surface area contributed by atoms with Gasteiger partial charge in [0.2, 0.25) is 0 Å². The Labute approximate surface area is 99.7 Å². The number of carbonyl (C=O) groups excluding carboxylic acids is 1. The van der Waals surface area contributed by atoms with Crippen molar-refractivity contribution in [3.05, 3.63) is 0 Å². The molecule has 7 heteroatoms. The van der Waals surface area contributed by atoms with E-state index in [0.717, 1.165) is 0 Å². The molecule has 0 aromatic carbocycles. The van der Waals surface area contributed by atoms with E-state index >= 15 is 0 Å². The summed E-state index contributed by atoms with van der Waals surface area (Å²) in [5.74, 6) is -1.02. The third kappa shape index (κ3) is 5.01.